The van der Waals surface area contributed by atoms with Gasteiger partial charge in [-0.2, -0.15) is 0 Å². The van der Waals surface area contributed by atoms with Gasteiger partial charge in [-0.1, -0.05) is 48.5 Å². The van der Waals surface area contributed by atoms with Crippen molar-refractivity contribution in [1.82, 2.24) is 10.2 Å². The van der Waals surface area contributed by atoms with Crippen LogP contribution in [0.15, 0.2) is 72.8 Å². The van der Waals surface area contributed by atoms with Crippen LogP contribution in [0, 0.1) is 6.92 Å². The van der Waals surface area contributed by atoms with E-state index in [2.05, 4.69) is 46.6 Å². The molecule has 0 saturated heterocycles. The minimum Gasteiger partial charge on any atom is -0.497 e. The number of benzene rings is 3. The molecule has 1 aliphatic heterocycles. The summed E-state index contributed by atoms with van der Waals surface area (Å²) in [6, 6.07) is 22.1. The minimum atomic E-state index is -0.0370. The maximum Gasteiger partial charge on any atom is 0.251 e. The van der Waals surface area contributed by atoms with Gasteiger partial charge in [0.2, 0.25) is 0 Å². The summed E-state index contributed by atoms with van der Waals surface area (Å²) in [7, 11) is 3.36. The molecule has 176 valence electrons. The molecule has 3 aromatic rings. The summed E-state index contributed by atoms with van der Waals surface area (Å²) in [5, 5.41) is 3.05. The number of hydrogen-bond acceptors (Lipinski definition) is 4. The predicted molar refractivity (Wildman–Crippen MR) is 136 cm³/mol. The summed E-state index contributed by atoms with van der Waals surface area (Å²) in [5.74, 6) is 1.62. The van der Waals surface area contributed by atoms with E-state index in [-0.39, 0.29) is 5.91 Å². The molecule has 0 radical (unpaired) electrons. The van der Waals surface area contributed by atoms with Gasteiger partial charge in [-0.15, -0.1) is 0 Å². The van der Waals surface area contributed by atoms with Crippen LogP contribution in [-0.4, -0.2) is 38.1 Å². The van der Waals surface area contributed by atoms with Crippen molar-refractivity contribution in [3.05, 3.63) is 101 Å². The van der Waals surface area contributed by atoms with Gasteiger partial charge in [0, 0.05) is 43.4 Å². The highest BCUT2D eigenvalue weighted by Gasteiger charge is 2.16. The lowest BCUT2D eigenvalue weighted by molar-refractivity contribution is 0.0950. The van der Waals surface area contributed by atoms with Crippen molar-refractivity contribution in [2.24, 2.45) is 0 Å². The second-order valence-corrected chi connectivity index (χ2v) is 8.59. The van der Waals surface area contributed by atoms with Gasteiger partial charge in [-0.05, 0) is 53.8 Å². The molecular formula is C29H32N2O3. The maximum absolute atomic E-state index is 12.5. The van der Waals surface area contributed by atoms with Gasteiger partial charge < -0.3 is 14.8 Å². The molecule has 0 bridgehead atoms. The summed E-state index contributed by atoms with van der Waals surface area (Å²) < 4.78 is 10.9. The van der Waals surface area contributed by atoms with Gasteiger partial charge >= 0.3 is 0 Å². The van der Waals surface area contributed by atoms with Gasteiger partial charge in [0.25, 0.3) is 5.91 Å². The fraction of sp³-hybridized carbons (Fsp3) is 0.276. The van der Waals surface area contributed by atoms with Gasteiger partial charge in [-0.25, -0.2) is 0 Å². The SMILES string of the molecule is COc1ccc(CN2CC=C(c3cccc(CNC(=O)c4ccccc4C)c3)CC2)c(OC)c1. The van der Waals surface area contributed by atoms with Gasteiger partial charge in [0.1, 0.15) is 11.5 Å². The molecule has 0 saturated carbocycles. The number of amides is 1. The average molecular weight is 457 g/mol. The molecule has 3 aromatic carbocycles. The van der Waals surface area contributed by atoms with Crippen LogP contribution in [0.4, 0.5) is 0 Å². The molecule has 0 aliphatic carbocycles. The number of nitrogens with one attached hydrogen (secondary N) is 1. The van der Waals surface area contributed by atoms with Crippen LogP contribution in [0.2, 0.25) is 0 Å². The Bertz CT molecular complexity index is 1190. The summed E-state index contributed by atoms with van der Waals surface area (Å²) in [5.41, 5.74) is 6.55. The molecule has 0 atom stereocenters. The Hall–Kier alpha value is -3.57. The maximum atomic E-state index is 12.5. The summed E-state index contributed by atoms with van der Waals surface area (Å²) in [6.45, 7) is 5.17. The van der Waals surface area contributed by atoms with E-state index in [0.29, 0.717) is 6.54 Å². The molecule has 34 heavy (non-hydrogen) atoms. The number of methoxy groups -OCH3 is 2. The van der Waals surface area contributed by atoms with Crippen LogP contribution < -0.4 is 14.8 Å². The van der Waals surface area contributed by atoms with Crippen LogP contribution >= 0.6 is 0 Å². The second kappa shape index (κ2) is 11.0. The Morgan fingerprint density at radius 2 is 1.85 bits per heavy atom. The van der Waals surface area contributed by atoms with Gasteiger partial charge in [-0.3, -0.25) is 9.69 Å². The Balaban J connectivity index is 1.37. The Kier molecular flexibility index (Phi) is 7.65. The highest BCUT2D eigenvalue weighted by molar-refractivity contribution is 5.95. The smallest absolute Gasteiger partial charge is 0.251 e. The van der Waals surface area contributed by atoms with E-state index in [1.807, 2.05) is 43.3 Å². The van der Waals surface area contributed by atoms with Crippen LogP contribution in [0.1, 0.15) is 39.0 Å². The van der Waals surface area contributed by atoms with E-state index in [0.717, 1.165) is 59.8 Å². The predicted octanol–water partition coefficient (Wildman–Crippen LogP) is 5.23. The second-order valence-electron chi connectivity index (χ2n) is 8.59. The van der Waals surface area contributed by atoms with Gasteiger partial charge in [0.15, 0.2) is 0 Å². The van der Waals surface area contributed by atoms with Crippen LogP contribution in [0.3, 0.4) is 0 Å². The molecule has 5 heteroatoms. The normalized spacial score (nSPS) is 13.8. The molecule has 4 rings (SSSR count). The third-order valence-electron chi connectivity index (χ3n) is 6.32. The molecule has 1 N–H and O–H groups in total. The van der Waals surface area contributed by atoms with Crippen molar-refractivity contribution >= 4 is 11.5 Å². The van der Waals surface area contributed by atoms with Crippen molar-refractivity contribution in [2.75, 3.05) is 27.3 Å². The lowest BCUT2D eigenvalue weighted by Crippen LogP contribution is -2.28. The third-order valence-corrected chi connectivity index (χ3v) is 6.32. The fourth-order valence-electron chi connectivity index (χ4n) is 4.33. The van der Waals surface area contributed by atoms with E-state index >= 15 is 0 Å². The molecule has 0 spiro atoms. The Labute approximate surface area is 202 Å². The lowest BCUT2D eigenvalue weighted by atomic mass is 9.97. The number of rotatable bonds is 8. The first-order valence-electron chi connectivity index (χ1n) is 11.6. The fourth-order valence-corrected chi connectivity index (χ4v) is 4.33. The lowest BCUT2D eigenvalue weighted by Gasteiger charge is -2.27. The van der Waals surface area contributed by atoms with Gasteiger partial charge in [0.05, 0.1) is 14.2 Å². The summed E-state index contributed by atoms with van der Waals surface area (Å²) >= 11 is 0. The molecule has 1 aliphatic rings. The Morgan fingerprint density at radius 3 is 2.59 bits per heavy atom. The van der Waals surface area contributed by atoms with E-state index in [4.69, 9.17) is 9.47 Å². The van der Waals surface area contributed by atoms with E-state index in [1.165, 1.54) is 11.1 Å². The molecular weight excluding hydrogens is 424 g/mol. The zero-order chi connectivity index (χ0) is 23.9. The molecule has 0 fully saturated rings. The van der Waals surface area contributed by atoms with Crippen molar-refractivity contribution in [1.29, 1.82) is 0 Å². The zero-order valence-electron chi connectivity index (χ0n) is 20.1. The zero-order valence-corrected chi connectivity index (χ0v) is 20.1. The average Bonchev–Trinajstić information content (AvgIpc) is 2.88. The first kappa shape index (κ1) is 23.6. The van der Waals surface area contributed by atoms with Crippen molar-refractivity contribution in [2.45, 2.75) is 26.4 Å². The number of carbonyl (C=O) groups excluding carboxylic acids is 1. The molecule has 1 heterocycles. The number of nitrogens with zero attached hydrogens (tertiary/aromatic N) is 1. The first-order chi connectivity index (χ1) is 16.6. The highest BCUT2D eigenvalue weighted by Crippen LogP contribution is 2.28. The monoisotopic (exact) mass is 456 g/mol. The quantitative estimate of drug-likeness (QED) is 0.504. The molecule has 0 unspecified atom stereocenters. The standard InChI is InChI=1S/C29H32N2O3/c1-21-7-4-5-10-27(21)29(32)30-19-22-8-6-9-24(17-22)23-13-15-31(16-14-23)20-25-11-12-26(33-2)18-28(25)34-3/h4-13,17-18H,14-16,19-20H2,1-3H3,(H,30,32). The van der Waals surface area contributed by atoms with E-state index in [1.54, 1.807) is 14.2 Å². The van der Waals surface area contributed by atoms with Crippen LogP contribution in [0.5, 0.6) is 11.5 Å². The van der Waals surface area contributed by atoms with Crippen molar-refractivity contribution in [3.8, 4) is 11.5 Å². The van der Waals surface area contributed by atoms with Crippen molar-refractivity contribution in [3.63, 3.8) is 0 Å². The van der Waals surface area contributed by atoms with Crippen LogP contribution in [0.25, 0.3) is 5.57 Å². The van der Waals surface area contributed by atoms with E-state index in [9.17, 15) is 4.79 Å². The molecule has 5 nitrogen and oxygen atoms in total. The Morgan fingerprint density at radius 1 is 1.00 bits per heavy atom. The largest absolute Gasteiger partial charge is 0.497 e. The highest BCUT2D eigenvalue weighted by atomic mass is 16.5. The number of ether oxygens (including phenoxy) is 2. The summed E-state index contributed by atoms with van der Waals surface area (Å²) in [6.07, 6.45) is 3.29. The number of carbonyl (C=O) groups is 1. The molecule has 1 amide bonds. The summed E-state index contributed by atoms with van der Waals surface area (Å²) in [4.78, 5) is 15.0. The number of aryl methyl sites for hydroxylation is 1. The van der Waals surface area contributed by atoms with E-state index < -0.39 is 0 Å². The molecule has 0 aromatic heterocycles. The van der Waals surface area contributed by atoms with Crippen molar-refractivity contribution < 1.29 is 14.3 Å². The first-order valence-corrected chi connectivity index (χ1v) is 11.6. The minimum absolute atomic E-state index is 0.0370. The van der Waals surface area contributed by atoms with Crippen LogP contribution in [-0.2, 0) is 13.1 Å². The topological polar surface area (TPSA) is 50.8 Å². The number of hydrogen-bond donors (Lipinski definition) is 1. The third kappa shape index (κ3) is 5.67.